The van der Waals surface area contributed by atoms with Crippen molar-refractivity contribution >= 4 is 28.4 Å². The molecule has 0 bridgehead atoms. The molecule has 25 heavy (non-hydrogen) atoms. The van der Waals surface area contributed by atoms with Crippen molar-refractivity contribution in [3.63, 3.8) is 0 Å². The molecular weight excluding hydrogens is 370 g/mol. The molecule has 1 aliphatic carbocycles. The maximum atomic E-state index is 14.1. The van der Waals surface area contributed by atoms with Gasteiger partial charge in [0.1, 0.15) is 10.8 Å². The van der Waals surface area contributed by atoms with Gasteiger partial charge in [0.2, 0.25) is 0 Å². The van der Waals surface area contributed by atoms with Gasteiger partial charge in [-0.05, 0) is 42.8 Å². The van der Waals surface area contributed by atoms with Crippen LogP contribution in [0.15, 0.2) is 11.0 Å². The number of nitrogens with zero attached hydrogens (tertiary/aromatic N) is 2. The smallest absolute Gasteiger partial charge is 0.161 e. The lowest BCUT2D eigenvalue weighted by molar-refractivity contribution is 0.117. The summed E-state index contributed by atoms with van der Waals surface area (Å²) in [5.74, 6) is -1.90. The second-order valence-electron chi connectivity index (χ2n) is 6.84. The first-order valence-electron chi connectivity index (χ1n) is 8.68. The molecule has 0 radical (unpaired) electrons. The van der Waals surface area contributed by atoms with Crippen LogP contribution in [0.3, 0.4) is 0 Å². The summed E-state index contributed by atoms with van der Waals surface area (Å²) in [4.78, 5) is 3.35. The summed E-state index contributed by atoms with van der Waals surface area (Å²) in [7, 11) is 0. The van der Waals surface area contributed by atoms with Crippen molar-refractivity contribution in [1.29, 1.82) is 0 Å². The van der Waals surface area contributed by atoms with Gasteiger partial charge in [-0.3, -0.25) is 4.21 Å². The Morgan fingerprint density at radius 2 is 2.12 bits per heavy atom. The minimum Gasteiger partial charge on any atom is -0.768 e. The van der Waals surface area contributed by atoms with Crippen molar-refractivity contribution in [3.05, 3.63) is 22.7 Å². The summed E-state index contributed by atoms with van der Waals surface area (Å²) in [6, 6.07) is 1.70. The molecule has 2 fully saturated rings. The van der Waals surface area contributed by atoms with Gasteiger partial charge in [0.25, 0.3) is 0 Å². The van der Waals surface area contributed by atoms with Crippen LogP contribution in [-0.4, -0.2) is 45.9 Å². The molecular formula is C17H22ClF2N2O2S-. The molecule has 0 aromatic heterocycles. The van der Waals surface area contributed by atoms with E-state index in [2.05, 4.69) is 11.8 Å². The lowest BCUT2D eigenvalue weighted by Crippen LogP contribution is -2.43. The molecule has 2 atom stereocenters. The maximum Gasteiger partial charge on any atom is 0.161 e. The van der Waals surface area contributed by atoms with Crippen molar-refractivity contribution in [2.75, 3.05) is 31.1 Å². The SMILES string of the molecule is CCN(C[C@@H]1CCN(c2cc(F)c(S(=O)[O-])c(F)c2Cl)C1)C1CCC1. The van der Waals surface area contributed by atoms with Crippen LogP contribution in [0.25, 0.3) is 0 Å². The van der Waals surface area contributed by atoms with E-state index < -0.39 is 27.6 Å². The highest BCUT2D eigenvalue weighted by Gasteiger charge is 2.31. The van der Waals surface area contributed by atoms with Crippen molar-refractivity contribution in [2.24, 2.45) is 5.92 Å². The van der Waals surface area contributed by atoms with Gasteiger partial charge in [-0.15, -0.1) is 0 Å². The summed E-state index contributed by atoms with van der Waals surface area (Å²) < 4.78 is 50.1. The minimum absolute atomic E-state index is 0.236. The van der Waals surface area contributed by atoms with E-state index >= 15 is 0 Å². The first kappa shape index (κ1) is 19.0. The van der Waals surface area contributed by atoms with E-state index in [0.29, 0.717) is 25.0 Å². The first-order valence-corrected chi connectivity index (χ1v) is 10.1. The molecule has 1 aromatic carbocycles. The third kappa shape index (κ3) is 3.84. The van der Waals surface area contributed by atoms with Gasteiger partial charge in [0, 0.05) is 31.7 Å². The zero-order valence-electron chi connectivity index (χ0n) is 14.1. The van der Waals surface area contributed by atoms with Crippen molar-refractivity contribution in [3.8, 4) is 0 Å². The Balaban J connectivity index is 1.72. The average Bonchev–Trinajstić information content (AvgIpc) is 2.96. The Kier molecular flexibility index (Phi) is 5.98. The lowest BCUT2D eigenvalue weighted by Gasteiger charge is -2.38. The predicted molar refractivity (Wildman–Crippen MR) is 93.8 cm³/mol. The van der Waals surface area contributed by atoms with E-state index in [1.165, 1.54) is 19.3 Å². The third-order valence-corrected chi connectivity index (χ3v) is 6.45. The Morgan fingerprint density at radius 1 is 1.40 bits per heavy atom. The molecule has 1 saturated heterocycles. The van der Waals surface area contributed by atoms with Crippen LogP contribution in [-0.2, 0) is 11.1 Å². The molecule has 4 nitrogen and oxygen atoms in total. The molecule has 0 amide bonds. The van der Waals surface area contributed by atoms with Crippen molar-refractivity contribution < 1.29 is 17.5 Å². The van der Waals surface area contributed by atoms with Gasteiger partial charge >= 0.3 is 0 Å². The van der Waals surface area contributed by atoms with Crippen LogP contribution < -0.4 is 4.90 Å². The van der Waals surface area contributed by atoms with E-state index in [1.807, 2.05) is 4.90 Å². The highest BCUT2D eigenvalue weighted by molar-refractivity contribution is 7.79. The maximum absolute atomic E-state index is 14.1. The first-order chi connectivity index (χ1) is 11.9. The Morgan fingerprint density at radius 3 is 2.68 bits per heavy atom. The van der Waals surface area contributed by atoms with Crippen molar-refractivity contribution in [2.45, 2.75) is 43.5 Å². The third-order valence-electron chi connectivity index (χ3n) is 5.38. The average molecular weight is 392 g/mol. The van der Waals surface area contributed by atoms with E-state index in [-0.39, 0.29) is 10.7 Å². The zero-order chi connectivity index (χ0) is 18.1. The number of hydrogen-bond acceptors (Lipinski definition) is 4. The van der Waals surface area contributed by atoms with E-state index in [1.54, 1.807) is 0 Å². The topological polar surface area (TPSA) is 46.6 Å². The summed E-state index contributed by atoms with van der Waals surface area (Å²) in [5, 5.41) is -0.326. The lowest BCUT2D eigenvalue weighted by atomic mass is 9.90. The van der Waals surface area contributed by atoms with Crippen LogP contribution in [0.4, 0.5) is 14.5 Å². The molecule has 0 N–H and O–H groups in total. The summed E-state index contributed by atoms with van der Waals surface area (Å²) in [5.41, 5.74) is 0.236. The van der Waals surface area contributed by atoms with Gasteiger partial charge in [-0.2, -0.15) is 0 Å². The zero-order valence-corrected chi connectivity index (χ0v) is 15.7. The molecule has 140 valence electrons. The van der Waals surface area contributed by atoms with Gasteiger partial charge < -0.3 is 14.4 Å². The fourth-order valence-corrected chi connectivity index (χ4v) is 4.56. The fraction of sp³-hybridized carbons (Fsp3) is 0.647. The molecule has 1 aromatic rings. The van der Waals surface area contributed by atoms with Gasteiger partial charge in [-0.25, -0.2) is 8.78 Å². The summed E-state index contributed by atoms with van der Waals surface area (Å²) in [6.45, 7) is 5.47. The molecule has 1 saturated carbocycles. The molecule has 2 aliphatic rings. The quantitative estimate of drug-likeness (QED) is 0.549. The van der Waals surface area contributed by atoms with Gasteiger partial charge in [0.05, 0.1) is 10.6 Å². The molecule has 1 unspecified atom stereocenters. The minimum atomic E-state index is -3.00. The molecule has 1 aliphatic heterocycles. The highest BCUT2D eigenvalue weighted by Crippen LogP contribution is 2.36. The number of rotatable bonds is 6. The number of anilines is 1. The Bertz CT molecular complexity index is 673. The van der Waals surface area contributed by atoms with Crippen LogP contribution >= 0.6 is 11.6 Å². The molecule has 3 rings (SSSR count). The van der Waals surface area contributed by atoms with E-state index in [0.717, 1.165) is 25.6 Å². The number of halogens is 3. The number of benzene rings is 1. The summed E-state index contributed by atoms with van der Waals surface area (Å²) >= 11 is 2.99. The monoisotopic (exact) mass is 391 g/mol. The van der Waals surface area contributed by atoms with Crippen LogP contribution in [0.2, 0.25) is 5.02 Å². The second-order valence-corrected chi connectivity index (χ2v) is 8.10. The van der Waals surface area contributed by atoms with Crippen LogP contribution in [0, 0.1) is 17.6 Å². The Labute approximate surface area is 154 Å². The number of hydrogen-bond donors (Lipinski definition) is 0. The Hall–Kier alpha value is -0.760. The van der Waals surface area contributed by atoms with Crippen LogP contribution in [0.5, 0.6) is 0 Å². The summed E-state index contributed by atoms with van der Waals surface area (Å²) in [6.07, 6.45) is 4.72. The van der Waals surface area contributed by atoms with Crippen LogP contribution in [0.1, 0.15) is 32.6 Å². The molecule has 8 heteroatoms. The second kappa shape index (κ2) is 7.86. The van der Waals surface area contributed by atoms with Gasteiger partial charge in [-0.1, -0.05) is 24.9 Å². The predicted octanol–water partition coefficient (Wildman–Crippen LogP) is 3.56. The molecule has 1 heterocycles. The fourth-order valence-electron chi connectivity index (χ4n) is 3.77. The standard InChI is InChI=1S/C17H23ClF2N2O2S/c1-2-21(12-4-3-5-12)9-11-6-7-22(10-11)14-8-13(19)17(25(23)24)16(20)15(14)18/h8,11-12H,2-7,9-10H2,1H3,(H,23,24)/p-1/t11-/m0/s1. The molecule has 0 spiro atoms. The highest BCUT2D eigenvalue weighted by atomic mass is 35.5. The van der Waals surface area contributed by atoms with E-state index in [4.69, 9.17) is 11.6 Å². The normalized spacial score (nSPS) is 22.5. The largest absolute Gasteiger partial charge is 0.768 e. The van der Waals surface area contributed by atoms with Gasteiger partial charge in [0.15, 0.2) is 5.82 Å². The van der Waals surface area contributed by atoms with E-state index in [9.17, 15) is 17.5 Å². The van der Waals surface area contributed by atoms with Crippen molar-refractivity contribution in [1.82, 2.24) is 4.90 Å².